The lowest BCUT2D eigenvalue weighted by atomic mass is 10.0. The zero-order chi connectivity index (χ0) is 21.8. The van der Waals surface area contributed by atoms with E-state index in [9.17, 15) is 9.90 Å². The van der Waals surface area contributed by atoms with E-state index in [0.29, 0.717) is 30.3 Å². The average Bonchev–Trinajstić information content (AvgIpc) is 3.54. The third-order valence-electron chi connectivity index (χ3n) is 6.04. The summed E-state index contributed by atoms with van der Waals surface area (Å²) in [6.07, 6.45) is 5.34. The molecule has 9 heteroatoms. The third kappa shape index (κ3) is 3.18. The summed E-state index contributed by atoms with van der Waals surface area (Å²) >= 11 is 7.97. The molecule has 0 saturated carbocycles. The van der Waals surface area contributed by atoms with Gasteiger partial charge in [0.1, 0.15) is 11.6 Å². The summed E-state index contributed by atoms with van der Waals surface area (Å²) in [5, 5.41) is 10.2. The van der Waals surface area contributed by atoms with Crippen LogP contribution in [0.4, 0.5) is 0 Å². The van der Waals surface area contributed by atoms with E-state index < -0.39 is 6.10 Å². The molecule has 0 radical (unpaired) electrons. The Labute approximate surface area is 192 Å². The molecular formula is C23H19ClN4O3S. The van der Waals surface area contributed by atoms with Gasteiger partial charge in [0, 0.05) is 64.7 Å². The van der Waals surface area contributed by atoms with Crippen LogP contribution in [0.15, 0.2) is 42.9 Å². The predicted octanol–water partition coefficient (Wildman–Crippen LogP) is 3.65. The Hall–Kier alpha value is -2.94. The Bertz CT molecular complexity index is 1360. The Morgan fingerprint density at radius 3 is 3.00 bits per heavy atom. The van der Waals surface area contributed by atoms with Crippen LogP contribution in [-0.2, 0) is 30.9 Å². The summed E-state index contributed by atoms with van der Waals surface area (Å²) in [6.45, 7) is 1.82. The largest absolute Gasteiger partial charge is 0.479 e. The van der Waals surface area contributed by atoms with Crippen molar-refractivity contribution in [1.82, 2.24) is 19.4 Å². The van der Waals surface area contributed by atoms with Crippen molar-refractivity contribution in [3.8, 4) is 16.9 Å². The number of aromatic nitrogens is 3. The van der Waals surface area contributed by atoms with Gasteiger partial charge in [-0.2, -0.15) is 0 Å². The molecule has 4 aromatic rings. The summed E-state index contributed by atoms with van der Waals surface area (Å²) in [5.74, 6) is 1.55. The van der Waals surface area contributed by atoms with Crippen LogP contribution in [0.1, 0.15) is 16.3 Å². The highest BCUT2D eigenvalue weighted by molar-refractivity contribution is 7.19. The first-order valence-corrected chi connectivity index (χ1v) is 11.6. The topological polar surface area (TPSA) is 80.5 Å². The van der Waals surface area contributed by atoms with Gasteiger partial charge in [-0.25, -0.2) is 4.98 Å². The smallest absolute Gasteiger partial charge is 0.264 e. The standard InChI is InChI=1S/C23H19ClN4O3S/c24-14-7-13-8-19(23(30)28-6-5-27-4-3-26-20(27)11-28)31-21(13)17(9-14)16-1-2-25-18-10-15(12-29)32-22(16)18/h1-4,7,9-10,19,29H,5-6,8,11-12H2. The van der Waals surface area contributed by atoms with Gasteiger partial charge in [0.05, 0.1) is 23.4 Å². The Balaban J connectivity index is 1.34. The predicted molar refractivity (Wildman–Crippen MR) is 122 cm³/mol. The average molecular weight is 467 g/mol. The van der Waals surface area contributed by atoms with E-state index in [1.165, 1.54) is 11.3 Å². The summed E-state index contributed by atoms with van der Waals surface area (Å²) in [6, 6.07) is 7.57. The van der Waals surface area contributed by atoms with Crippen molar-refractivity contribution in [3.63, 3.8) is 0 Å². The van der Waals surface area contributed by atoms with Gasteiger partial charge >= 0.3 is 0 Å². The minimum absolute atomic E-state index is 0.0314. The number of aliphatic hydroxyl groups excluding tert-OH is 1. The van der Waals surface area contributed by atoms with Crippen LogP contribution in [0, 0.1) is 0 Å². The van der Waals surface area contributed by atoms with Crippen molar-refractivity contribution in [2.45, 2.75) is 32.2 Å². The molecule has 0 fully saturated rings. The van der Waals surface area contributed by atoms with E-state index in [2.05, 4.69) is 14.5 Å². The SMILES string of the molecule is O=C(C1Cc2cc(Cl)cc(-c3ccnc4cc(CO)sc34)c2O1)N1CCn2ccnc2C1. The molecule has 5 heterocycles. The number of amides is 1. The molecule has 2 aliphatic rings. The number of aliphatic hydroxyl groups is 1. The van der Waals surface area contributed by atoms with E-state index in [1.807, 2.05) is 35.4 Å². The molecule has 162 valence electrons. The fraction of sp³-hybridized carbons (Fsp3) is 0.261. The molecule has 0 saturated heterocycles. The van der Waals surface area contributed by atoms with Gasteiger partial charge < -0.3 is 19.3 Å². The molecule has 1 aromatic carbocycles. The van der Waals surface area contributed by atoms with Crippen LogP contribution in [0.5, 0.6) is 5.75 Å². The molecule has 2 aliphatic heterocycles. The van der Waals surface area contributed by atoms with E-state index in [1.54, 1.807) is 12.4 Å². The Morgan fingerprint density at radius 2 is 2.12 bits per heavy atom. The molecule has 1 atom stereocenters. The highest BCUT2D eigenvalue weighted by atomic mass is 35.5. The first-order chi connectivity index (χ1) is 15.6. The molecule has 6 rings (SSSR count). The highest BCUT2D eigenvalue weighted by Crippen LogP contribution is 2.44. The lowest BCUT2D eigenvalue weighted by molar-refractivity contribution is -0.139. The second kappa shape index (κ2) is 7.58. The van der Waals surface area contributed by atoms with Gasteiger partial charge in [-0.05, 0) is 24.3 Å². The van der Waals surface area contributed by atoms with Crippen molar-refractivity contribution >= 4 is 39.1 Å². The highest BCUT2D eigenvalue weighted by Gasteiger charge is 2.36. The van der Waals surface area contributed by atoms with E-state index in [4.69, 9.17) is 16.3 Å². The van der Waals surface area contributed by atoms with E-state index in [0.717, 1.165) is 44.2 Å². The molecule has 0 bridgehead atoms. The third-order valence-corrected chi connectivity index (χ3v) is 7.40. The van der Waals surface area contributed by atoms with Crippen molar-refractivity contribution in [2.24, 2.45) is 0 Å². The number of carbonyl (C=O) groups excluding carboxylic acids is 1. The minimum atomic E-state index is -0.586. The van der Waals surface area contributed by atoms with Crippen molar-refractivity contribution < 1.29 is 14.6 Å². The minimum Gasteiger partial charge on any atom is -0.479 e. The number of thiophene rings is 1. The van der Waals surface area contributed by atoms with Crippen LogP contribution in [0.25, 0.3) is 21.3 Å². The maximum atomic E-state index is 13.3. The fourth-order valence-electron chi connectivity index (χ4n) is 4.51. The van der Waals surface area contributed by atoms with Crippen molar-refractivity contribution in [1.29, 1.82) is 0 Å². The van der Waals surface area contributed by atoms with Gasteiger partial charge in [0.15, 0.2) is 6.10 Å². The number of benzene rings is 1. The number of imidazole rings is 1. The van der Waals surface area contributed by atoms with Crippen LogP contribution in [0.3, 0.4) is 0 Å². The Kier molecular flexibility index (Phi) is 4.67. The number of halogens is 1. The van der Waals surface area contributed by atoms with Crippen molar-refractivity contribution in [2.75, 3.05) is 6.54 Å². The summed E-state index contributed by atoms with van der Waals surface area (Å²) < 4.78 is 9.30. The lowest BCUT2D eigenvalue weighted by Gasteiger charge is -2.29. The second-order valence-corrected chi connectivity index (χ2v) is 9.57. The number of hydrogen-bond acceptors (Lipinski definition) is 6. The zero-order valence-electron chi connectivity index (χ0n) is 17.0. The van der Waals surface area contributed by atoms with E-state index in [-0.39, 0.29) is 12.5 Å². The maximum absolute atomic E-state index is 13.3. The van der Waals surface area contributed by atoms with Gasteiger partial charge in [-0.15, -0.1) is 11.3 Å². The second-order valence-electron chi connectivity index (χ2n) is 7.99. The number of ether oxygens (including phenoxy) is 1. The van der Waals surface area contributed by atoms with Crippen LogP contribution >= 0.6 is 22.9 Å². The van der Waals surface area contributed by atoms with Gasteiger partial charge in [-0.3, -0.25) is 9.78 Å². The fourth-order valence-corrected chi connectivity index (χ4v) is 5.75. The molecule has 1 unspecified atom stereocenters. The van der Waals surface area contributed by atoms with Crippen LogP contribution < -0.4 is 4.74 Å². The normalized spacial score (nSPS) is 17.3. The number of hydrogen-bond donors (Lipinski definition) is 1. The molecule has 7 nitrogen and oxygen atoms in total. The quantitative estimate of drug-likeness (QED) is 0.498. The molecule has 0 aliphatic carbocycles. The summed E-state index contributed by atoms with van der Waals surface area (Å²) in [7, 11) is 0. The van der Waals surface area contributed by atoms with E-state index >= 15 is 0 Å². The van der Waals surface area contributed by atoms with Crippen molar-refractivity contribution in [3.05, 3.63) is 64.1 Å². The number of nitrogens with zero attached hydrogens (tertiary/aromatic N) is 4. The van der Waals surface area contributed by atoms with Gasteiger partial charge in [0.25, 0.3) is 5.91 Å². The first-order valence-electron chi connectivity index (χ1n) is 10.4. The number of carbonyl (C=O) groups is 1. The lowest BCUT2D eigenvalue weighted by Crippen LogP contribution is -2.45. The Morgan fingerprint density at radius 1 is 1.22 bits per heavy atom. The molecule has 1 N–H and O–H groups in total. The first kappa shape index (κ1) is 19.7. The van der Waals surface area contributed by atoms with Crippen LogP contribution in [-0.4, -0.2) is 43.1 Å². The molecule has 0 spiro atoms. The number of pyridine rings is 1. The maximum Gasteiger partial charge on any atom is 0.264 e. The molecule has 32 heavy (non-hydrogen) atoms. The van der Waals surface area contributed by atoms with Gasteiger partial charge in [-0.1, -0.05) is 11.6 Å². The summed E-state index contributed by atoms with van der Waals surface area (Å²) in [4.78, 5) is 24.7. The molecule has 3 aromatic heterocycles. The molecular weight excluding hydrogens is 448 g/mol. The van der Waals surface area contributed by atoms with Crippen LogP contribution in [0.2, 0.25) is 5.02 Å². The monoisotopic (exact) mass is 466 g/mol. The molecule has 1 amide bonds. The number of fused-ring (bicyclic) bond motifs is 3. The zero-order valence-corrected chi connectivity index (χ0v) is 18.6. The number of rotatable bonds is 3. The van der Waals surface area contributed by atoms with Gasteiger partial charge in [0.2, 0.25) is 0 Å². The summed E-state index contributed by atoms with van der Waals surface area (Å²) in [5.41, 5.74) is 3.52.